The first-order valence-corrected chi connectivity index (χ1v) is 10.2. The number of halogens is 1. The van der Waals surface area contributed by atoms with Gasteiger partial charge in [-0.25, -0.2) is 9.37 Å². The number of pyridine rings is 1. The molecule has 0 amide bonds. The van der Waals surface area contributed by atoms with Crippen molar-refractivity contribution in [3.8, 4) is 28.1 Å². The molecule has 0 spiro atoms. The van der Waals surface area contributed by atoms with Gasteiger partial charge in [-0.05, 0) is 36.6 Å². The van der Waals surface area contributed by atoms with E-state index < -0.39 is 5.82 Å². The van der Waals surface area contributed by atoms with Crippen molar-refractivity contribution in [1.29, 1.82) is 0 Å². The normalized spacial score (nSPS) is 14.3. The zero-order valence-electron chi connectivity index (χ0n) is 17.9. The third kappa shape index (κ3) is 3.92. The van der Waals surface area contributed by atoms with E-state index in [-0.39, 0.29) is 28.7 Å². The number of nitrogens with zero attached hydrogens (tertiary/aromatic N) is 5. The van der Waals surface area contributed by atoms with Gasteiger partial charge < -0.3 is 20.2 Å². The highest BCUT2D eigenvalue weighted by molar-refractivity contribution is 5.81. The first-order chi connectivity index (χ1) is 15.4. The molecule has 3 aromatic rings. The maximum Gasteiger partial charge on any atom is 0.269 e. The summed E-state index contributed by atoms with van der Waals surface area (Å²) in [5.74, 6) is 0.266. The molecular formula is C23H23FN6O2. The molecule has 1 aliphatic rings. The van der Waals surface area contributed by atoms with E-state index in [9.17, 15) is 9.18 Å². The standard InChI is InChI=1S/C23H23FN6O2/c1-26-19-7-5-15(13-27-19)21-20(14-4-6-18(32-3)17(24)12-14)22(31)29(2)23(28-21)30-10-8-16(25)9-11-30/h4-7,12-13,16H,8-11,25H2,2-3H3. The molecule has 2 N–H and O–H groups in total. The first kappa shape index (κ1) is 21.5. The van der Waals surface area contributed by atoms with E-state index in [1.807, 2.05) is 4.90 Å². The molecule has 0 unspecified atom stereocenters. The van der Waals surface area contributed by atoms with Crippen LogP contribution in [0.2, 0.25) is 0 Å². The highest BCUT2D eigenvalue weighted by atomic mass is 19.1. The van der Waals surface area contributed by atoms with E-state index in [0.29, 0.717) is 35.9 Å². The van der Waals surface area contributed by atoms with Crippen molar-refractivity contribution in [2.75, 3.05) is 25.1 Å². The van der Waals surface area contributed by atoms with Crippen LogP contribution < -0.4 is 20.9 Å². The quantitative estimate of drug-likeness (QED) is 0.635. The molecule has 3 heterocycles. The third-order valence-corrected chi connectivity index (χ3v) is 5.67. The SMILES string of the molecule is [C-]#[N+]c1ccc(-c2nc(N3CCC(N)CC3)n(C)c(=O)c2-c2ccc(OC)c(F)c2)cn1. The fourth-order valence-electron chi connectivity index (χ4n) is 3.86. The van der Waals surface area contributed by atoms with E-state index in [1.165, 1.54) is 30.0 Å². The van der Waals surface area contributed by atoms with Gasteiger partial charge in [0.15, 0.2) is 11.6 Å². The van der Waals surface area contributed by atoms with E-state index in [1.54, 1.807) is 25.2 Å². The lowest BCUT2D eigenvalue weighted by molar-refractivity contribution is 0.386. The van der Waals surface area contributed by atoms with Gasteiger partial charge in [0.25, 0.3) is 11.4 Å². The summed E-state index contributed by atoms with van der Waals surface area (Å²) in [7, 11) is 3.04. The Kier molecular flexibility index (Phi) is 5.88. The highest BCUT2D eigenvalue weighted by Gasteiger charge is 2.25. The molecule has 2 aromatic heterocycles. The largest absolute Gasteiger partial charge is 0.494 e. The minimum Gasteiger partial charge on any atom is -0.494 e. The topological polar surface area (TPSA) is 90.6 Å². The number of rotatable bonds is 4. The number of hydrogen-bond acceptors (Lipinski definition) is 6. The van der Waals surface area contributed by atoms with Gasteiger partial charge >= 0.3 is 0 Å². The Bertz CT molecular complexity index is 1240. The van der Waals surface area contributed by atoms with Crippen molar-refractivity contribution in [1.82, 2.24) is 14.5 Å². The average molecular weight is 434 g/mol. The monoisotopic (exact) mass is 434 g/mol. The summed E-state index contributed by atoms with van der Waals surface area (Å²) in [6.45, 7) is 8.50. The number of hydrogen-bond donors (Lipinski definition) is 1. The van der Waals surface area contributed by atoms with Crippen LogP contribution in [0.3, 0.4) is 0 Å². The summed E-state index contributed by atoms with van der Waals surface area (Å²) in [5, 5.41) is 0. The van der Waals surface area contributed by atoms with Crippen LogP contribution in [0.25, 0.3) is 27.2 Å². The Labute approximate surface area is 184 Å². The lowest BCUT2D eigenvalue weighted by Crippen LogP contribution is -2.42. The van der Waals surface area contributed by atoms with Crippen LogP contribution in [-0.4, -0.2) is 40.8 Å². The van der Waals surface area contributed by atoms with Gasteiger partial charge in [0.1, 0.15) is 6.20 Å². The molecule has 164 valence electrons. The molecule has 0 atom stereocenters. The summed E-state index contributed by atoms with van der Waals surface area (Å²) in [5.41, 5.74) is 7.31. The summed E-state index contributed by atoms with van der Waals surface area (Å²) in [6, 6.07) is 7.77. The van der Waals surface area contributed by atoms with Crippen molar-refractivity contribution >= 4 is 11.8 Å². The zero-order chi connectivity index (χ0) is 22.8. The van der Waals surface area contributed by atoms with Gasteiger partial charge in [0.05, 0.1) is 18.4 Å². The molecule has 8 nitrogen and oxygen atoms in total. The fraction of sp³-hybridized carbons (Fsp3) is 0.304. The van der Waals surface area contributed by atoms with Crippen LogP contribution in [-0.2, 0) is 7.05 Å². The van der Waals surface area contributed by atoms with Crippen LogP contribution in [0.15, 0.2) is 41.3 Å². The maximum atomic E-state index is 14.5. The smallest absolute Gasteiger partial charge is 0.269 e. The number of anilines is 1. The molecule has 1 aromatic carbocycles. The predicted molar refractivity (Wildman–Crippen MR) is 120 cm³/mol. The maximum absolute atomic E-state index is 14.5. The molecule has 32 heavy (non-hydrogen) atoms. The van der Waals surface area contributed by atoms with Gasteiger partial charge in [-0.3, -0.25) is 9.36 Å². The number of benzene rings is 1. The van der Waals surface area contributed by atoms with Crippen molar-refractivity contribution in [2.45, 2.75) is 18.9 Å². The summed E-state index contributed by atoms with van der Waals surface area (Å²) in [6.07, 6.45) is 3.12. The van der Waals surface area contributed by atoms with Crippen LogP contribution in [0.1, 0.15) is 12.8 Å². The lowest BCUT2D eigenvalue weighted by Gasteiger charge is -2.32. The molecule has 0 bridgehead atoms. The molecule has 9 heteroatoms. The minimum atomic E-state index is -0.575. The second kappa shape index (κ2) is 8.77. The molecule has 0 aliphatic carbocycles. The van der Waals surface area contributed by atoms with Crippen LogP contribution in [0.4, 0.5) is 16.2 Å². The fourth-order valence-corrected chi connectivity index (χ4v) is 3.86. The van der Waals surface area contributed by atoms with Gasteiger partial charge in [-0.1, -0.05) is 18.7 Å². The Hall–Kier alpha value is -3.77. The van der Waals surface area contributed by atoms with Crippen molar-refractivity contribution in [2.24, 2.45) is 12.8 Å². The molecule has 1 fully saturated rings. The van der Waals surface area contributed by atoms with E-state index >= 15 is 0 Å². The Balaban J connectivity index is 1.93. The average Bonchev–Trinajstić information content (AvgIpc) is 2.81. The van der Waals surface area contributed by atoms with E-state index in [4.69, 9.17) is 22.0 Å². The Morgan fingerprint density at radius 1 is 1.22 bits per heavy atom. The second-order valence-electron chi connectivity index (χ2n) is 7.69. The Morgan fingerprint density at radius 3 is 2.53 bits per heavy atom. The van der Waals surface area contributed by atoms with Gasteiger partial charge in [-0.15, -0.1) is 4.98 Å². The second-order valence-corrected chi connectivity index (χ2v) is 7.69. The molecule has 1 aliphatic heterocycles. The van der Waals surface area contributed by atoms with Gasteiger partial charge in [0, 0.05) is 31.7 Å². The summed E-state index contributed by atoms with van der Waals surface area (Å²) in [4.78, 5) is 27.8. The van der Waals surface area contributed by atoms with Gasteiger partial charge in [-0.2, -0.15) is 0 Å². The molecule has 0 saturated carbocycles. The van der Waals surface area contributed by atoms with Crippen molar-refractivity contribution in [3.63, 3.8) is 0 Å². The first-order valence-electron chi connectivity index (χ1n) is 10.2. The van der Waals surface area contributed by atoms with Crippen LogP contribution in [0, 0.1) is 12.4 Å². The van der Waals surface area contributed by atoms with Crippen LogP contribution >= 0.6 is 0 Å². The van der Waals surface area contributed by atoms with E-state index in [0.717, 1.165) is 12.8 Å². The predicted octanol–water partition coefficient (Wildman–Crippen LogP) is 3.14. The number of methoxy groups -OCH3 is 1. The number of nitrogens with two attached hydrogens (primary N) is 1. The summed E-state index contributed by atoms with van der Waals surface area (Å²) >= 11 is 0. The van der Waals surface area contributed by atoms with Crippen molar-refractivity contribution in [3.05, 3.63) is 64.1 Å². The van der Waals surface area contributed by atoms with Crippen LogP contribution in [0.5, 0.6) is 5.75 Å². The number of ether oxygens (including phenoxy) is 1. The minimum absolute atomic E-state index is 0.0874. The summed E-state index contributed by atoms with van der Waals surface area (Å²) < 4.78 is 21.0. The lowest BCUT2D eigenvalue weighted by atomic mass is 10.0. The molecule has 4 rings (SSSR count). The molecule has 0 radical (unpaired) electrons. The number of aromatic nitrogens is 3. The molecule has 1 saturated heterocycles. The van der Waals surface area contributed by atoms with Gasteiger partial charge in [0.2, 0.25) is 5.95 Å². The van der Waals surface area contributed by atoms with Crippen molar-refractivity contribution < 1.29 is 9.13 Å². The third-order valence-electron chi connectivity index (χ3n) is 5.67. The molecular weight excluding hydrogens is 411 g/mol. The highest BCUT2D eigenvalue weighted by Crippen LogP contribution is 2.32. The zero-order valence-corrected chi connectivity index (χ0v) is 17.9. The van der Waals surface area contributed by atoms with E-state index in [2.05, 4.69) is 9.83 Å². The Morgan fingerprint density at radius 2 is 1.94 bits per heavy atom. The number of piperidine rings is 1.